The average molecular weight is 708 g/mol. The molecule has 0 aliphatic carbocycles. The van der Waals surface area contributed by atoms with Crippen LogP contribution < -0.4 is 20.3 Å². The predicted octanol–water partition coefficient (Wildman–Crippen LogP) is 5.91. The van der Waals surface area contributed by atoms with Crippen molar-refractivity contribution in [1.82, 2.24) is 25.1 Å². The molecule has 274 valence electrons. The first-order chi connectivity index (χ1) is 25.1. The Morgan fingerprint density at radius 1 is 1.12 bits per heavy atom. The van der Waals surface area contributed by atoms with Crippen LogP contribution in [0.15, 0.2) is 60.8 Å². The molecule has 0 spiro atoms. The number of piperidine rings is 1. The van der Waals surface area contributed by atoms with Crippen molar-refractivity contribution >= 4 is 46.5 Å². The SMILES string of the molecule is CCC(c1cc2cnc(NC(=O)c3ccc(OCCC4CCN(c5cccc6c5CN(C(C)CCC(=O)NC=O)C6=O)CC4)cc3)cc2[nH]1)N(C)C. The van der Waals surface area contributed by atoms with Crippen LogP contribution in [0.4, 0.5) is 11.5 Å². The number of nitrogens with zero attached hydrogens (tertiary/aromatic N) is 4. The summed E-state index contributed by atoms with van der Waals surface area (Å²) in [7, 11) is 4.13. The molecule has 2 unspecified atom stereocenters. The molecule has 0 saturated carbocycles. The molecular weight excluding hydrogens is 658 g/mol. The normalized spacial score (nSPS) is 15.8. The minimum atomic E-state index is -0.336. The van der Waals surface area contributed by atoms with Crippen LogP contribution in [-0.4, -0.2) is 83.7 Å². The van der Waals surface area contributed by atoms with E-state index in [4.69, 9.17) is 4.74 Å². The predicted molar refractivity (Wildman–Crippen MR) is 201 cm³/mol. The van der Waals surface area contributed by atoms with Gasteiger partial charge in [-0.3, -0.25) is 24.5 Å². The molecular formula is C40H49N7O5. The van der Waals surface area contributed by atoms with Gasteiger partial charge in [-0.1, -0.05) is 13.0 Å². The Balaban J connectivity index is 0.953. The third-order valence-electron chi connectivity index (χ3n) is 10.5. The summed E-state index contributed by atoms with van der Waals surface area (Å²) in [5.74, 6) is 1.18. The summed E-state index contributed by atoms with van der Waals surface area (Å²) in [6.45, 7) is 7.03. The Labute approximate surface area is 304 Å². The van der Waals surface area contributed by atoms with E-state index in [1.165, 1.54) is 0 Å². The third-order valence-corrected chi connectivity index (χ3v) is 10.5. The minimum Gasteiger partial charge on any atom is -0.494 e. The van der Waals surface area contributed by atoms with Gasteiger partial charge in [-0.25, -0.2) is 4.98 Å². The maximum Gasteiger partial charge on any atom is 0.256 e. The van der Waals surface area contributed by atoms with E-state index in [-0.39, 0.29) is 36.2 Å². The van der Waals surface area contributed by atoms with Gasteiger partial charge in [-0.2, -0.15) is 0 Å². The largest absolute Gasteiger partial charge is 0.494 e. The van der Waals surface area contributed by atoms with Gasteiger partial charge in [0.2, 0.25) is 12.3 Å². The van der Waals surface area contributed by atoms with Crippen molar-refractivity contribution in [2.75, 3.05) is 44.0 Å². The monoisotopic (exact) mass is 707 g/mol. The first kappa shape index (κ1) is 36.6. The highest BCUT2D eigenvalue weighted by Crippen LogP contribution is 2.36. The fraction of sp³-hybridized carbons (Fsp3) is 0.425. The van der Waals surface area contributed by atoms with Crippen molar-refractivity contribution in [1.29, 1.82) is 0 Å². The molecule has 2 aliphatic heterocycles. The summed E-state index contributed by atoms with van der Waals surface area (Å²) in [5, 5.41) is 6.09. The lowest BCUT2D eigenvalue weighted by Crippen LogP contribution is -2.35. The Bertz CT molecular complexity index is 1900. The van der Waals surface area contributed by atoms with Gasteiger partial charge in [-0.05, 0) is 102 Å². The van der Waals surface area contributed by atoms with Gasteiger partial charge in [0.05, 0.1) is 12.1 Å². The smallest absolute Gasteiger partial charge is 0.256 e. The highest BCUT2D eigenvalue weighted by molar-refractivity contribution is 6.04. The highest BCUT2D eigenvalue weighted by atomic mass is 16.5. The number of carbonyl (C=O) groups excluding carboxylic acids is 4. The lowest BCUT2D eigenvalue weighted by atomic mass is 9.93. The fourth-order valence-electron chi connectivity index (χ4n) is 7.48. The van der Waals surface area contributed by atoms with Crippen molar-refractivity contribution < 1.29 is 23.9 Å². The highest BCUT2D eigenvalue weighted by Gasteiger charge is 2.34. The molecule has 4 heterocycles. The summed E-state index contributed by atoms with van der Waals surface area (Å²) in [6.07, 6.45) is 6.84. The maximum absolute atomic E-state index is 13.3. The van der Waals surface area contributed by atoms with Crippen LogP contribution >= 0.6 is 0 Å². The van der Waals surface area contributed by atoms with E-state index >= 15 is 0 Å². The van der Waals surface area contributed by atoms with Gasteiger partial charge in [0, 0.05) is 83.9 Å². The molecule has 4 aromatic rings. The van der Waals surface area contributed by atoms with Gasteiger partial charge in [0.25, 0.3) is 11.8 Å². The van der Waals surface area contributed by atoms with Crippen molar-refractivity contribution in [2.45, 2.75) is 71.0 Å². The zero-order valence-electron chi connectivity index (χ0n) is 30.5. The number of amides is 4. The van der Waals surface area contributed by atoms with Crippen molar-refractivity contribution in [3.63, 3.8) is 0 Å². The average Bonchev–Trinajstić information content (AvgIpc) is 3.71. The second-order valence-electron chi connectivity index (χ2n) is 14.1. The lowest BCUT2D eigenvalue weighted by Gasteiger charge is -2.35. The molecule has 2 aromatic carbocycles. The molecule has 0 bridgehead atoms. The molecule has 12 nitrogen and oxygen atoms in total. The first-order valence-corrected chi connectivity index (χ1v) is 18.2. The zero-order chi connectivity index (χ0) is 36.8. The number of fused-ring (bicyclic) bond motifs is 2. The van der Waals surface area contributed by atoms with E-state index in [1.54, 1.807) is 18.3 Å². The second-order valence-corrected chi connectivity index (χ2v) is 14.1. The van der Waals surface area contributed by atoms with E-state index in [1.807, 2.05) is 42.2 Å². The summed E-state index contributed by atoms with van der Waals surface area (Å²) >= 11 is 0. The number of hydrogen-bond donors (Lipinski definition) is 3. The summed E-state index contributed by atoms with van der Waals surface area (Å²) in [6, 6.07) is 17.3. The van der Waals surface area contributed by atoms with Gasteiger partial charge < -0.3 is 29.7 Å². The number of imide groups is 1. The Hall–Kier alpha value is -5.23. The quantitative estimate of drug-likeness (QED) is 0.130. The summed E-state index contributed by atoms with van der Waals surface area (Å²) < 4.78 is 6.07. The number of pyridine rings is 1. The van der Waals surface area contributed by atoms with Crippen LogP contribution in [0.3, 0.4) is 0 Å². The van der Waals surface area contributed by atoms with E-state index in [0.29, 0.717) is 43.3 Å². The van der Waals surface area contributed by atoms with E-state index in [0.717, 1.165) is 77.9 Å². The standard InChI is InChI=1S/C40H49N7O5/c1-5-35(45(3)4)34-21-29-23-41-37(22-33(29)43-34)44-39(50)28-10-12-30(13-11-28)52-20-17-27-15-18-46(19-16-27)36-8-6-7-31-32(36)24-47(40(31)51)26(2)9-14-38(49)42-25-48/h6-8,10-13,21-23,25-27,35,43H,5,9,14-20,24H2,1-4H3,(H,41,44,50)(H,42,48,49). The van der Waals surface area contributed by atoms with Crippen LogP contribution in [0, 0.1) is 5.92 Å². The van der Waals surface area contributed by atoms with Crippen LogP contribution in [0.5, 0.6) is 5.75 Å². The number of anilines is 2. The number of H-pyrrole nitrogens is 1. The maximum atomic E-state index is 13.3. The number of carbonyl (C=O) groups is 4. The lowest BCUT2D eigenvalue weighted by molar-refractivity contribution is -0.125. The molecule has 3 N–H and O–H groups in total. The number of rotatable bonds is 15. The van der Waals surface area contributed by atoms with Gasteiger partial charge in [0.15, 0.2) is 0 Å². The Morgan fingerprint density at radius 2 is 1.88 bits per heavy atom. The topological polar surface area (TPSA) is 140 Å². The second kappa shape index (κ2) is 16.4. The van der Waals surface area contributed by atoms with Crippen LogP contribution in [0.2, 0.25) is 0 Å². The molecule has 1 fully saturated rings. The molecule has 12 heteroatoms. The zero-order valence-corrected chi connectivity index (χ0v) is 30.5. The Kier molecular flexibility index (Phi) is 11.5. The number of benzene rings is 2. The Morgan fingerprint density at radius 3 is 2.60 bits per heavy atom. The van der Waals surface area contributed by atoms with E-state index < -0.39 is 0 Å². The number of aromatic amines is 1. The summed E-state index contributed by atoms with van der Waals surface area (Å²) in [5.41, 5.74) is 5.48. The molecule has 2 atom stereocenters. The molecule has 6 rings (SSSR count). The van der Waals surface area contributed by atoms with Crippen LogP contribution in [-0.2, 0) is 16.1 Å². The molecule has 2 aliphatic rings. The van der Waals surface area contributed by atoms with Crippen molar-refractivity contribution in [3.8, 4) is 5.75 Å². The molecule has 1 saturated heterocycles. The van der Waals surface area contributed by atoms with Gasteiger partial charge in [-0.15, -0.1) is 0 Å². The molecule has 4 amide bonds. The third kappa shape index (κ3) is 8.28. The van der Waals surface area contributed by atoms with E-state index in [9.17, 15) is 19.2 Å². The van der Waals surface area contributed by atoms with Crippen LogP contribution in [0.1, 0.15) is 90.4 Å². The van der Waals surface area contributed by atoms with Crippen molar-refractivity contribution in [2.24, 2.45) is 5.92 Å². The van der Waals surface area contributed by atoms with Crippen LogP contribution in [0.25, 0.3) is 10.9 Å². The minimum absolute atomic E-state index is 0.00776. The number of ether oxygens (including phenoxy) is 1. The number of aromatic nitrogens is 2. The number of nitrogens with one attached hydrogen (secondary N) is 3. The van der Waals surface area contributed by atoms with Gasteiger partial charge >= 0.3 is 0 Å². The fourth-order valence-corrected chi connectivity index (χ4v) is 7.48. The first-order valence-electron chi connectivity index (χ1n) is 18.2. The van der Waals surface area contributed by atoms with Crippen molar-refractivity contribution in [3.05, 3.63) is 83.2 Å². The van der Waals surface area contributed by atoms with Gasteiger partial charge in [0.1, 0.15) is 11.6 Å². The molecule has 0 radical (unpaired) electrons. The molecule has 2 aromatic heterocycles. The molecule has 52 heavy (non-hydrogen) atoms. The number of hydrogen-bond acceptors (Lipinski definition) is 8. The summed E-state index contributed by atoms with van der Waals surface area (Å²) in [4.78, 5) is 62.9. The van der Waals surface area contributed by atoms with E-state index in [2.05, 4.69) is 63.6 Å².